The number of ether oxygens (including phenoxy) is 1. The largest absolute Gasteiger partial charge is 0.381 e. The molecule has 1 aliphatic carbocycles. The number of pyridine rings is 1. The van der Waals surface area contributed by atoms with Gasteiger partial charge in [0.2, 0.25) is 0 Å². The maximum Gasteiger partial charge on any atom is 0.142 e. The lowest BCUT2D eigenvalue weighted by molar-refractivity contribution is 0.122. The van der Waals surface area contributed by atoms with E-state index in [4.69, 9.17) is 4.74 Å². The number of hydrogen-bond donors (Lipinski definition) is 1. The zero-order valence-corrected chi connectivity index (χ0v) is 12.9. The maximum absolute atomic E-state index is 5.61. The Morgan fingerprint density at radius 1 is 1.33 bits per heavy atom. The van der Waals surface area contributed by atoms with E-state index in [1.54, 1.807) is 17.5 Å². The topological polar surface area (TPSA) is 47.0 Å². The standard InChI is InChI=1S/C16H21N3OS/c1-2-8-18-15(4-1)16-19-14(12-21-16)10-17-7-3-9-20-11-13-5-6-13/h1-2,4,8,12-13,17H,3,5-7,9-11H2. The summed E-state index contributed by atoms with van der Waals surface area (Å²) in [6.45, 7) is 3.60. The molecule has 0 unspecified atom stereocenters. The van der Waals surface area contributed by atoms with Crippen LogP contribution in [-0.2, 0) is 11.3 Å². The number of aromatic nitrogens is 2. The van der Waals surface area contributed by atoms with Crippen molar-refractivity contribution in [3.63, 3.8) is 0 Å². The molecule has 0 atom stereocenters. The van der Waals surface area contributed by atoms with Crippen LogP contribution in [0.15, 0.2) is 29.8 Å². The number of hydrogen-bond acceptors (Lipinski definition) is 5. The fourth-order valence-electron chi connectivity index (χ4n) is 2.05. The minimum atomic E-state index is 0.811. The molecular weight excluding hydrogens is 282 g/mol. The van der Waals surface area contributed by atoms with Crippen LogP contribution >= 0.6 is 11.3 Å². The van der Waals surface area contributed by atoms with Gasteiger partial charge < -0.3 is 10.1 Å². The van der Waals surface area contributed by atoms with E-state index in [1.165, 1.54) is 12.8 Å². The Hall–Kier alpha value is -1.30. The lowest BCUT2D eigenvalue weighted by Gasteiger charge is -2.04. The second-order valence-electron chi connectivity index (χ2n) is 5.41. The molecule has 112 valence electrons. The summed E-state index contributed by atoms with van der Waals surface area (Å²) in [6, 6.07) is 5.90. The van der Waals surface area contributed by atoms with Crippen LogP contribution in [0.2, 0.25) is 0 Å². The first kappa shape index (κ1) is 14.6. The van der Waals surface area contributed by atoms with Crippen molar-refractivity contribution in [1.29, 1.82) is 0 Å². The first-order chi connectivity index (χ1) is 10.4. The van der Waals surface area contributed by atoms with Crippen molar-refractivity contribution in [3.05, 3.63) is 35.5 Å². The van der Waals surface area contributed by atoms with Crippen molar-refractivity contribution >= 4 is 11.3 Å². The average Bonchev–Trinajstić information content (AvgIpc) is 3.23. The molecule has 0 radical (unpaired) electrons. The molecule has 2 aromatic heterocycles. The van der Waals surface area contributed by atoms with Gasteiger partial charge in [0.05, 0.1) is 11.4 Å². The molecule has 0 aliphatic heterocycles. The smallest absolute Gasteiger partial charge is 0.142 e. The van der Waals surface area contributed by atoms with Crippen LogP contribution in [0.25, 0.3) is 10.7 Å². The minimum absolute atomic E-state index is 0.811. The first-order valence-electron chi connectivity index (χ1n) is 7.56. The lowest BCUT2D eigenvalue weighted by atomic mass is 10.3. The molecule has 0 aromatic carbocycles. The Bertz CT molecular complexity index is 539. The quantitative estimate of drug-likeness (QED) is 0.723. The SMILES string of the molecule is c1ccc(-c2nc(CNCCCOCC3CC3)cs2)nc1. The summed E-state index contributed by atoms with van der Waals surface area (Å²) in [4.78, 5) is 8.93. The van der Waals surface area contributed by atoms with Gasteiger partial charge in [-0.15, -0.1) is 11.3 Å². The highest BCUT2D eigenvalue weighted by molar-refractivity contribution is 7.13. The Morgan fingerprint density at radius 3 is 3.10 bits per heavy atom. The molecule has 0 amide bonds. The zero-order chi connectivity index (χ0) is 14.3. The van der Waals surface area contributed by atoms with E-state index >= 15 is 0 Å². The van der Waals surface area contributed by atoms with Crippen molar-refractivity contribution in [2.45, 2.75) is 25.8 Å². The van der Waals surface area contributed by atoms with Crippen LogP contribution < -0.4 is 5.32 Å². The van der Waals surface area contributed by atoms with Crippen LogP contribution in [0, 0.1) is 5.92 Å². The summed E-state index contributed by atoms with van der Waals surface area (Å²) in [5.41, 5.74) is 2.03. The third-order valence-corrected chi connectivity index (χ3v) is 4.35. The van der Waals surface area contributed by atoms with E-state index < -0.39 is 0 Å². The van der Waals surface area contributed by atoms with E-state index in [2.05, 4.69) is 20.7 Å². The Labute approximate surface area is 129 Å². The van der Waals surface area contributed by atoms with Gasteiger partial charge in [-0.05, 0) is 43.9 Å². The summed E-state index contributed by atoms with van der Waals surface area (Å²) in [7, 11) is 0. The summed E-state index contributed by atoms with van der Waals surface area (Å²) in [5.74, 6) is 0.859. The second kappa shape index (κ2) is 7.64. The molecule has 4 nitrogen and oxygen atoms in total. The van der Waals surface area contributed by atoms with Crippen molar-refractivity contribution < 1.29 is 4.74 Å². The fourth-order valence-corrected chi connectivity index (χ4v) is 2.84. The van der Waals surface area contributed by atoms with Crippen LogP contribution in [0.4, 0.5) is 0 Å². The van der Waals surface area contributed by atoms with Crippen LogP contribution in [0.5, 0.6) is 0 Å². The van der Waals surface area contributed by atoms with Crippen LogP contribution in [0.3, 0.4) is 0 Å². The third-order valence-electron chi connectivity index (χ3n) is 3.43. The molecule has 0 saturated heterocycles. The molecule has 5 heteroatoms. The molecule has 1 N–H and O–H groups in total. The molecule has 21 heavy (non-hydrogen) atoms. The van der Waals surface area contributed by atoms with E-state index in [0.717, 1.165) is 55.0 Å². The Balaban J connectivity index is 1.33. The van der Waals surface area contributed by atoms with Gasteiger partial charge in [0.25, 0.3) is 0 Å². The summed E-state index contributed by atoms with van der Waals surface area (Å²) in [6.07, 6.45) is 5.58. The fraction of sp³-hybridized carbons (Fsp3) is 0.500. The van der Waals surface area contributed by atoms with Gasteiger partial charge in [0.1, 0.15) is 5.01 Å². The number of thiazole rings is 1. The van der Waals surface area contributed by atoms with E-state index in [-0.39, 0.29) is 0 Å². The summed E-state index contributed by atoms with van der Waals surface area (Å²) < 4.78 is 5.61. The van der Waals surface area contributed by atoms with Gasteiger partial charge >= 0.3 is 0 Å². The highest BCUT2D eigenvalue weighted by Gasteiger charge is 2.20. The van der Waals surface area contributed by atoms with Crippen LogP contribution in [0.1, 0.15) is 25.0 Å². The van der Waals surface area contributed by atoms with Gasteiger partial charge in [-0.1, -0.05) is 6.07 Å². The molecule has 2 aromatic rings. The highest BCUT2D eigenvalue weighted by atomic mass is 32.1. The second-order valence-corrected chi connectivity index (χ2v) is 6.27. The predicted molar refractivity (Wildman–Crippen MR) is 85.2 cm³/mol. The average molecular weight is 303 g/mol. The van der Waals surface area contributed by atoms with Crippen molar-refractivity contribution in [2.24, 2.45) is 5.92 Å². The third kappa shape index (κ3) is 4.88. The molecule has 0 spiro atoms. The highest BCUT2D eigenvalue weighted by Crippen LogP contribution is 2.28. The molecule has 2 heterocycles. The number of rotatable bonds is 9. The minimum Gasteiger partial charge on any atom is -0.381 e. The van der Waals surface area contributed by atoms with Crippen LogP contribution in [-0.4, -0.2) is 29.7 Å². The summed E-state index contributed by atoms with van der Waals surface area (Å²) >= 11 is 1.65. The summed E-state index contributed by atoms with van der Waals surface area (Å²) in [5, 5.41) is 6.50. The Kier molecular flexibility index (Phi) is 5.32. The van der Waals surface area contributed by atoms with Gasteiger partial charge in [0, 0.05) is 31.3 Å². The van der Waals surface area contributed by atoms with Crippen molar-refractivity contribution in [2.75, 3.05) is 19.8 Å². The number of nitrogens with one attached hydrogen (secondary N) is 1. The van der Waals surface area contributed by atoms with E-state index in [0.29, 0.717) is 0 Å². The molecule has 3 rings (SSSR count). The maximum atomic E-state index is 5.61. The molecule has 1 saturated carbocycles. The molecule has 0 bridgehead atoms. The number of nitrogens with zero attached hydrogens (tertiary/aromatic N) is 2. The van der Waals surface area contributed by atoms with Gasteiger partial charge in [-0.25, -0.2) is 4.98 Å². The van der Waals surface area contributed by atoms with Crippen molar-refractivity contribution in [3.8, 4) is 10.7 Å². The molecule has 1 aliphatic rings. The van der Waals surface area contributed by atoms with Gasteiger partial charge in [-0.2, -0.15) is 0 Å². The zero-order valence-electron chi connectivity index (χ0n) is 12.1. The Morgan fingerprint density at radius 2 is 2.29 bits per heavy atom. The first-order valence-corrected chi connectivity index (χ1v) is 8.44. The molecule has 1 fully saturated rings. The van der Waals surface area contributed by atoms with E-state index in [1.807, 2.05) is 18.2 Å². The monoisotopic (exact) mass is 303 g/mol. The predicted octanol–water partition coefficient (Wildman–Crippen LogP) is 3.11. The lowest BCUT2D eigenvalue weighted by Crippen LogP contribution is -2.16. The van der Waals surface area contributed by atoms with Crippen molar-refractivity contribution in [1.82, 2.24) is 15.3 Å². The molecular formula is C16H21N3OS. The van der Waals surface area contributed by atoms with Gasteiger partial charge in [-0.3, -0.25) is 4.98 Å². The normalized spacial score (nSPS) is 14.5. The van der Waals surface area contributed by atoms with Gasteiger partial charge in [0.15, 0.2) is 0 Å². The van der Waals surface area contributed by atoms with E-state index in [9.17, 15) is 0 Å².